The summed E-state index contributed by atoms with van der Waals surface area (Å²) in [6.07, 6.45) is 0. The molecular formula is C44H24N4O. The first-order valence-electron chi connectivity index (χ1n) is 16.1. The maximum Gasteiger partial charge on any atom is 0.197 e. The first kappa shape index (κ1) is 27.1. The van der Waals surface area contributed by atoms with E-state index < -0.39 is 0 Å². The summed E-state index contributed by atoms with van der Waals surface area (Å²) < 4.78 is 11.6. The van der Waals surface area contributed by atoms with Crippen LogP contribution in [0.15, 0.2) is 150 Å². The van der Waals surface area contributed by atoms with E-state index in [4.69, 9.17) is 11.0 Å². The summed E-state index contributed by atoms with van der Waals surface area (Å²) in [5.41, 5.74) is 10.4. The highest BCUT2D eigenvalue weighted by Crippen LogP contribution is 2.46. The molecule has 0 N–H and O–H groups in total. The van der Waals surface area contributed by atoms with E-state index in [9.17, 15) is 5.26 Å². The predicted octanol–water partition coefficient (Wildman–Crippen LogP) is 11.9. The number of aromatic nitrogens is 2. The lowest BCUT2D eigenvalue weighted by atomic mass is 9.98. The molecule has 0 bridgehead atoms. The zero-order valence-electron chi connectivity index (χ0n) is 26.1. The molecule has 0 unspecified atom stereocenters. The Morgan fingerprint density at radius 2 is 1.20 bits per heavy atom. The molecule has 226 valence electrons. The Bertz CT molecular complexity index is 3070. The molecule has 10 aromatic rings. The molecule has 0 atom stereocenters. The monoisotopic (exact) mass is 624 g/mol. The fourth-order valence-corrected chi connectivity index (χ4v) is 7.73. The van der Waals surface area contributed by atoms with Crippen LogP contribution in [0.25, 0.3) is 92.9 Å². The molecule has 7 aromatic carbocycles. The van der Waals surface area contributed by atoms with Crippen molar-refractivity contribution < 1.29 is 4.42 Å². The van der Waals surface area contributed by atoms with Crippen LogP contribution in [-0.4, -0.2) is 9.13 Å². The summed E-state index contributed by atoms with van der Waals surface area (Å²) >= 11 is 0. The van der Waals surface area contributed by atoms with Crippen molar-refractivity contribution in [3.63, 3.8) is 0 Å². The van der Waals surface area contributed by atoms with E-state index in [1.54, 1.807) is 0 Å². The molecule has 0 amide bonds. The quantitative estimate of drug-likeness (QED) is 0.184. The van der Waals surface area contributed by atoms with E-state index >= 15 is 0 Å². The molecule has 49 heavy (non-hydrogen) atoms. The van der Waals surface area contributed by atoms with Gasteiger partial charge < -0.3 is 13.6 Å². The Kier molecular flexibility index (Phi) is 5.64. The topological polar surface area (TPSA) is 51.1 Å². The third-order valence-electron chi connectivity index (χ3n) is 9.77. The number of nitriles is 1. The first-order chi connectivity index (χ1) is 24.2. The van der Waals surface area contributed by atoms with Gasteiger partial charge in [0.25, 0.3) is 0 Å². The highest BCUT2D eigenvalue weighted by molar-refractivity contribution is 6.23. The van der Waals surface area contributed by atoms with Crippen molar-refractivity contribution in [2.75, 3.05) is 0 Å². The van der Waals surface area contributed by atoms with Crippen LogP contribution in [-0.2, 0) is 0 Å². The Balaban J connectivity index is 1.33. The van der Waals surface area contributed by atoms with Gasteiger partial charge in [-0.25, -0.2) is 4.85 Å². The van der Waals surface area contributed by atoms with Crippen molar-refractivity contribution in [3.8, 4) is 28.6 Å². The van der Waals surface area contributed by atoms with Crippen LogP contribution in [0.1, 0.15) is 5.56 Å². The summed E-state index contributed by atoms with van der Waals surface area (Å²) in [6, 6.07) is 51.7. The average molecular weight is 625 g/mol. The number of hydrogen-bond acceptors (Lipinski definition) is 2. The normalized spacial score (nSPS) is 11.6. The third-order valence-corrected chi connectivity index (χ3v) is 9.77. The minimum Gasteiger partial charge on any atom is -0.453 e. The first-order valence-corrected chi connectivity index (χ1v) is 16.1. The minimum absolute atomic E-state index is 0.536. The van der Waals surface area contributed by atoms with Gasteiger partial charge in [-0.05, 0) is 54.6 Å². The van der Waals surface area contributed by atoms with Crippen LogP contribution in [0.2, 0.25) is 0 Å². The number of fused-ring (bicyclic) bond motifs is 10. The molecule has 3 aromatic heterocycles. The number of furan rings is 1. The van der Waals surface area contributed by atoms with Crippen LogP contribution in [0.4, 0.5) is 5.69 Å². The average Bonchev–Trinajstić information content (AvgIpc) is 3.82. The van der Waals surface area contributed by atoms with Gasteiger partial charge in [0.2, 0.25) is 0 Å². The van der Waals surface area contributed by atoms with E-state index in [0.29, 0.717) is 11.3 Å². The van der Waals surface area contributed by atoms with Crippen molar-refractivity contribution in [1.29, 1.82) is 5.26 Å². The van der Waals surface area contributed by atoms with Gasteiger partial charge >= 0.3 is 0 Å². The van der Waals surface area contributed by atoms with Gasteiger partial charge in [-0.1, -0.05) is 91.0 Å². The number of benzene rings is 7. The van der Waals surface area contributed by atoms with Crippen molar-refractivity contribution in [1.82, 2.24) is 9.13 Å². The second kappa shape index (κ2) is 10.2. The third kappa shape index (κ3) is 3.73. The van der Waals surface area contributed by atoms with E-state index in [2.05, 4.69) is 117 Å². The fourth-order valence-electron chi connectivity index (χ4n) is 7.73. The Hall–Kier alpha value is -7.08. The number of rotatable bonds is 3. The summed E-state index contributed by atoms with van der Waals surface area (Å²) in [7, 11) is 0. The van der Waals surface area contributed by atoms with Crippen LogP contribution in [0, 0.1) is 17.9 Å². The van der Waals surface area contributed by atoms with Crippen LogP contribution in [0.3, 0.4) is 0 Å². The Morgan fingerprint density at radius 3 is 2.00 bits per heavy atom. The largest absolute Gasteiger partial charge is 0.453 e. The molecular weight excluding hydrogens is 601 g/mol. The molecule has 0 fully saturated rings. The Labute approximate surface area is 280 Å². The lowest BCUT2D eigenvalue weighted by Gasteiger charge is -2.16. The second-order valence-electron chi connectivity index (χ2n) is 12.3. The molecule has 10 rings (SSSR count). The van der Waals surface area contributed by atoms with Gasteiger partial charge in [0.05, 0.1) is 40.3 Å². The zero-order chi connectivity index (χ0) is 32.6. The van der Waals surface area contributed by atoms with Gasteiger partial charge in [0.1, 0.15) is 5.58 Å². The summed E-state index contributed by atoms with van der Waals surface area (Å²) in [4.78, 5) is 4.05. The van der Waals surface area contributed by atoms with E-state index in [0.717, 1.165) is 88.1 Å². The molecule has 5 nitrogen and oxygen atoms in total. The number of hydrogen-bond donors (Lipinski definition) is 0. The minimum atomic E-state index is 0.536. The van der Waals surface area contributed by atoms with E-state index in [1.165, 1.54) is 0 Å². The maximum atomic E-state index is 9.70. The molecule has 0 spiro atoms. The van der Waals surface area contributed by atoms with Gasteiger partial charge in [-0.2, -0.15) is 5.26 Å². The molecule has 0 saturated carbocycles. The summed E-state index contributed by atoms with van der Waals surface area (Å²) in [5.74, 6) is 0. The zero-order valence-corrected chi connectivity index (χ0v) is 26.1. The van der Waals surface area contributed by atoms with Crippen LogP contribution < -0.4 is 0 Å². The van der Waals surface area contributed by atoms with Crippen molar-refractivity contribution in [2.45, 2.75) is 0 Å². The highest BCUT2D eigenvalue weighted by Gasteiger charge is 2.24. The van der Waals surface area contributed by atoms with Crippen LogP contribution >= 0.6 is 0 Å². The SMILES string of the molecule is [C-]#[N+]c1cccc(-n2c3ccccc3c3cc(C#N)ccc32)c1-c1cccc2c1oc1c2ccc2c3ccccc3n(-c3ccccc3)c21. The van der Waals surface area contributed by atoms with Gasteiger partial charge in [0.15, 0.2) is 11.3 Å². The van der Waals surface area contributed by atoms with Gasteiger partial charge in [0, 0.05) is 54.8 Å². The molecule has 3 heterocycles. The fraction of sp³-hybridized carbons (Fsp3) is 0. The van der Waals surface area contributed by atoms with Gasteiger partial charge in [-0.15, -0.1) is 0 Å². The summed E-state index contributed by atoms with van der Waals surface area (Å²) in [5, 5.41) is 16.0. The second-order valence-corrected chi connectivity index (χ2v) is 12.3. The van der Waals surface area contributed by atoms with E-state index in [1.807, 2.05) is 48.5 Å². The lowest BCUT2D eigenvalue weighted by Crippen LogP contribution is -1.97. The molecule has 0 radical (unpaired) electrons. The lowest BCUT2D eigenvalue weighted by molar-refractivity contribution is 0.672. The van der Waals surface area contributed by atoms with Crippen molar-refractivity contribution >= 4 is 71.2 Å². The standard InChI is InChI=1S/C44H24N4O/c1-46-36-17-10-20-40(48-38-19-8-6-14-30(38)35-25-27(26-45)21-24-39(35)48)41(36)34-16-9-15-32-33-23-22-31-29-13-5-7-18-37(29)47(28-11-3-2-4-12-28)42(31)44(33)49-43(32)34/h2-25H. The molecule has 0 aliphatic rings. The number of nitrogens with zero attached hydrogens (tertiary/aromatic N) is 4. The highest BCUT2D eigenvalue weighted by atomic mass is 16.3. The van der Waals surface area contributed by atoms with Crippen molar-refractivity contribution in [2.24, 2.45) is 0 Å². The number of para-hydroxylation sites is 4. The van der Waals surface area contributed by atoms with Crippen LogP contribution in [0.5, 0.6) is 0 Å². The van der Waals surface area contributed by atoms with Gasteiger partial charge in [-0.3, -0.25) is 0 Å². The smallest absolute Gasteiger partial charge is 0.197 e. The molecule has 0 aliphatic heterocycles. The maximum absolute atomic E-state index is 9.70. The van der Waals surface area contributed by atoms with E-state index in [-0.39, 0.29) is 0 Å². The van der Waals surface area contributed by atoms with Crippen molar-refractivity contribution in [3.05, 3.63) is 163 Å². The summed E-state index contributed by atoms with van der Waals surface area (Å²) in [6.45, 7) is 8.29. The molecule has 5 heteroatoms. The predicted molar refractivity (Wildman–Crippen MR) is 199 cm³/mol. The molecule has 0 saturated heterocycles. The molecule has 0 aliphatic carbocycles. The Morgan fingerprint density at radius 1 is 0.551 bits per heavy atom.